The molecule has 0 aromatic heterocycles. The highest BCUT2D eigenvalue weighted by molar-refractivity contribution is 6.11. The highest BCUT2D eigenvalue weighted by Crippen LogP contribution is 2.29. The SMILES string of the molecule is CC[C@H](CC(=O)c1ccccc1)C(=O)NCC1OC(=O)C(c2ccc(NC(=O)Nc3ccccc3C)cc2)C1=O. The molecule has 1 fully saturated rings. The first-order valence-corrected chi connectivity index (χ1v) is 13.1. The van der Waals surface area contributed by atoms with E-state index in [1.165, 1.54) is 0 Å². The number of para-hydroxylation sites is 1. The van der Waals surface area contributed by atoms with Gasteiger partial charge in [-0.05, 0) is 42.7 Å². The second-order valence-corrected chi connectivity index (χ2v) is 9.62. The molecule has 0 aliphatic carbocycles. The molecule has 0 saturated carbocycles. The second kappa shape index (κ2) is 12.8. The maximum atomic E-state index is 13.0. The standard InChI is InChI=1S/C31H31N3O6/c1-3-20(17-25(35)21-10-5-4-6-11-21)29(37)32-18-26-28(36)27(30(38)40-26)22-13-15-23(16-14-22)33-31(39)34-24-12-8-7-9-19(24)2/h4-16,20,26-27H,3,17-18H2,1-2H3,(H,32,37)(H2,33,34,39)/t20-,26?,27?/m1/s1. The summed E-state index contributed by atoms with van der Waals surface area (Å²) in [7, 11) is 0. The van der Waals surface area contributed by atoms with Gasteiger partial charge in [-0.15, -0.1) is 0 Å². The number of nitrogens with one attached hydrogen (secondary N) is 3. The Morgan fingerprint density at radius 1 is 0.875 bits per heavy atom. The summed E-state index contributed by atoms with van der Waals surface area (Å²) >= 11 is 0. The molecule has 1 aliphatic heterocycles. The van der Waals surface area contributed by atoms with Crippen LogP contribution in [0.2, 0.25) is 0 Å². The lowest BCUT2D eigenvalue weighted by atomic mass is 9.93. The minimum Gasteiger partial charge on any atom is -0.452 e. The molecule has 2 unspecified atom stereocenters. The number of Topliss-reactive ketones (excluding diaryl/α,β-unsaturated/α-hetero) is 2. The van der Waals surface area contributed by atoms with Crippen molar-refractivity contribution in [2.45, 2.75) is 38.7 Å². The predicted molar refractivity (Wildman–Crippen MR) is 150 cm³/mol. The number of anilines is 2. The Labute approximate surface area is 232 Å². The molecule has 3 atom stereocenters. The lowest BCUT2D eigenvalue weighted by Crippen LogP contribution is -2.39. The van der Waals surface area contributed by atoms with Gasteiger partial charge in [-0.25, -0.2) is 4.79 Å². The van der Waals surface area contributed by atoms with Crippen LogP contribution in [0.5, 0.6) is 0 Å². The highest BCUT2D eigenvalue weighted by atomic mass is 16.6. The van der Waals surface area contributed by atoms with E-state index in [-0.39, 0.29) is 24.7 Å². The molecule has 1 heterocycles. The number of ether oxygens (including phenoxy) is 1. The van der Waals surface area contributed by atoms with Crippen molar-refractivity contribution < 1.29 is 28.7 Å². The van der Waals surface area contributed by atoms with Crippen molar-refractivity contribution in [1.82, 2.24) is 5.32 Å². The van der Waals surface area contributed by atoms with Crippen LogP contribution in [0.1, 0.15) is 47.2 Å². The zero-order valence-electron chi connectivity index (χ0n) is 22.3. The number of ketones is 2. The zero-order chi connectivity index (χ0) is 28.6. The molecule has 206 valence electrons. The van der Waals surface area contributed by atoms with E-state index in [9.17, 15) is 24.0 Å². The van der Waals surface area contributed by atoms with Crippen molar-refractivity contribution >= 4 is 40.8 Å². The van der Waals surface area contributed by atoms with E-state index in [0.29, 0.717) is 28.9 Å². The molecule has 3 N–H and O–H groups in total. The Balaban J connectivity index is 1.31. The van der Waals surface area contributed by atoms with Crippen molar-refractivity contribution in [3.63, 3.8) is 0 Å². The molecule has 3 aromatic carbocycles. The van der Waals surface area contributed by atoms with Crippen LogP contribution in [0.4, 0.5) is 16.2 Å². The number of rotatable bonds is 10. The Hall–Kier alpha value is -4.79. The van der Waals surface area contributed by atoms with Crippen LogP contribution in [-0.4, -0.2) is 42.1 Å². The summed E-state index contributed by atoms with van der Waals surface area (Å²) in [6.45, 7) is 3.52. The molecule has 3 amide bonds. The molecule has 9 heteroatoms. The van der Waals surface area contributed by atoms with Crippen molar-refractivity contribution in [3.8, 4) is 0 Å². The molecule has 1 saturated heterocycles. The zero-order valence-corrected chi connectivity index (χ0v) is 22.3. The van der Waals surface area contributed by atoms with Gasteiger partial charge in [0.1, 0.15) is 5.92 Å². The third kappa shape index (κ3) is 6.79. The number of urea groups is 1. The molecule has 3 aromatic rings. The summed E-state index contributed by atoms with van der Waals surface area (Å²) < 4.78 is 5.28. The predicted octanol–water partition coefficient (Wildman–Crippen LogP) is 4.63. The normalized spacial score (nSPS) is 17.1. The van der Waals surface area contributed by atoms with Crippen LogP contribution in [-0.2, 0) is 19.1 Å². The lowest BCUT2D eigenvalue weighted by molar-refractivity contribution is -0.143. The summed E-state index contributed by atoms with van der Waals surface area (Å²) in [5.74, 6) is -3.38. The first kappa shape index (κ1) is 28.2. The van der Waals surface area contributed by atoms with Gasteiger partial charge >= 0.3 is 12.0 Å². The van der Waals surface area contributed by atoms with Crippen molar-refractivity contribution in [2.24, 2.45) is 5.92 Å². The van der Waals surface area contributed by atoms with Crippen molar-refractivity contribution in [2.75, 3.05) is 17.2 Å². The maximum absolute atomic E-state index is 13.0. The first-order valence-electron chi connectivity index (χ1n) is 13.1. The van der Waals surface area contributed by atoms with Crippen molar-refractivity contribution in [1.29, 1.82) is 0 Å². The molecule has 40 heavy (non-hydrogen) atoms. The summed E-state index contributed by atoms with van der Waals surface area (Å²) in [6.07, 6.45) is -0.646. The molecule has 9 nitrogen and oxygen atoms in total. The Kier molecular flexibility index (Phi) is 9.06. The van der Waals surface area contributed by atoms with Crippen LogP contribution >= 0.6 is 0 Å². The molecule has 4 rings (SSSR count). The van der Waals surface area contributed by atoms with Gasteiger partial charge in [-0.2, -0.15) is 0 Å². The molecule has 1 aliphatic rings. The van der Waals surface area contributed by atoms with E-state index < -0.39 is 35.7 Å². The largest absolute Gasteiger partial charge is 0.452 e. The summed E-state index contributed by atoms with van der Waals surface area (Å²) in [5.41, 5.74) is 3.04. The first-order chi connectivity index (χ1) is 19.3. The van der Waals surface area contributed by atoms with Crippen LogP contribution < -0.4 is 16.0 Å². The summed E-state index contributed by atoms with van der Waals surface area (Å²) in [4.78, 5) is 63.2. The van der Waals surface area contributed by atoms with E-state index in [2.05, 4.69) is 16.0 Å². The fraction of sp³-hybridized carbons (Fsp3) is 0.258. The quantitative estimate of drug-likeness (QED) is 0.195. The van der Waals surface area contributed by atoms with E-state index in [4.69, 9.17) is 4.74 Å². The maximum Gasteiger partial charge on any atom is 0.323 e. The lowest BCUT2D eigenvalue weighted by Gasteiger charge is -2.16. The molecule has 0 spiro atoms. The van der Waals surface area contributed by atoms with Crippen molar-refractivity contribution in [3.05, 3.63) is 95.6 Å². The van der Waals surface area contributed by atoms with Gasteiger partial charge in [0.2, 0.25) is 5.91 Å². The number of esters is 1. The summed E-state index contributed by atoms with van der Waals surface area (Å²) in [5, 5.41) is 8.15. The minimum absolute atomic E-state index is 0.0384. The van der Waals surface area contributed by atoms with Gasteiger partial charge in [-0.1, -0.05) is 67.6 Å². The number of carbonyl (C=O) groups is 5. The average molecular weight is 542 g/mol. The van der Waals surface area contributed by atoms with Crippen LogP contribution in [0.25, 0.3) is 0 Å². The van der Waals surface area contributed by atoms with Gasteiger partial charge in [0.25, 0.3) is 0 Å². The number of benzene rings is 3. The van der Waals surface area contributed by atoms with Gasteiger partial charge in [0.15, 0.2) is 17.7 Å². The van der Waals surface area contributed by atoms with Crippen LogP contribution in [0.3, 0.4) is 0 Å². The Morgan fingerprint density at radius 2 is 1.55 bits per heavy atom. The second-order valence-electron chi connectivity index (χ2n) is 9.62. The third-order valence-electron chi connectivity index (χ3n) is 6.84. The van der Waals surface area contributed by atoms with E-state index in [1.807, 2.05) is 38.1 Å². The fourth-order valence-electron chi connectivity index (χ4n) is 4.49. The molecular weight excluding hydrogens is 510 g/mol. The van der Waals surface area contributed by atoms with Gasteiger partial charge in [-0.3, -0.25) is 19.2 Å². The van der Waals surface area contributed by atoms with E-state index >= 15 is 0 Å². The molecule has 0 radical (unpaired) electrons. The molecular formula is C31H31N3O6. The minimum atomic E-state index is -1.13. The monoisotopic (exact) mass is 541 g/mol. The van der Waals surface area contributed by atoms with E-state index in [0.717, 1.165) is 5.56 Å². The summed E-state index contributed by atoms with van der Waals surface area (Å²) in [6, 6.07) is 22.0. The number of hydrogen-bond acceptors (Lipinski definition) is 6. The number of carbonyl (C=O) groups excluding carboxylic acids is 5. The number of cyclic esters (lactones) is 1. The number of aryl methyl sites for hydroxylation is 1. The average Bonchev–Trinajstić information content (AvgIpc) is 3.24. The number of amides is 3. The molecule has 0 bridgehead atoms. The fourth-order valence-corrected chi connectivity index (χ4v) is 4.49. The topological polar surface area (TPSA) is 131 Å². The van der Waals surface area contributed by atoms with E-state index in [1.54, 1.807) is 54.6 Å². The Morgan fingerprint density at radius 3 is 2.23 bits per heavy atom. The van der Waals surface area contributed by atoms with Gasteiger partial charge in [0, 0.05) is 29.3 Å². The Bertz CT molecular complexity index is 1400. The smallest absolute Gasteiger partial charge is 0.323 e. The third-order valence-corrected chi connectivity index (χ3v) is 6.84. The highest BCUT2D eigenvalue weighted by Gasteiger charge is 2.44. The van der Waals surface area contributed by atoms with Gasteiger partial charge < -0.3 is 20.7 Å². The van der Waals surface area contributed by atoms with Gasteiger partial charge in [0.05, 0.1) is 6.54 Å². The van der Waals surface area contributed by atoms with Crippen LogP contribution in [0.15, 0.2) is 78.9 Å². The van der Waals surface area contributed by atoms with Crippen LogP contribution in [0, 0.1) is 12.8 Å². The number of hydrogen-bond donors (Lipinski definition) is 3.